The number of anilines is 1. The van der Waals surface area contributed by atoms with Gasteiger partial charge < -0.3 is 5.32 Å². The lowest BCUT2D eigenvalue weighted by Gasteiger charge is -2.31. The molecule has 0 bridgehead atoms. The average molecular weight is 363 g/mol. The number of hydrogen-bond acceptors (Lipinski definition) is 6. The lowest BCUT2D eigenvalue weighted by Crippen LogP contribution is -2.37. The molecule has 1 aromatic heterocycles. The van der Waals surface area contributed by atoms with Crippen molar-refractivity contribution < 1.29 is 4.79 Å². The van der Waals surface area contributed by atoms with Crippen molar-refractivity contribution in [2.75, 3.05) is 24.7 Å². The van der Waals surface area contributed by atoms with E-state index in [4.69, 9.17) is 0 Å². The second-order valence-electron chi connectivity index (χ2n) is 6.04. The van der Waals surface area contributed by atoms with Gasteiger partial charge in [-0.05, 0) is 50.2 Å². The molecular weight excluding hydrogens is 340 g/mol. The van der Waals surface area contributed by atoms with Crippen LogP contribution in [-0.4, -0.2) is 40.3 Å². The largest absolute Gasteiger partial charge is 0.300 e. The number of rotatable bonds is 5. The van der Waals surface area contributed by atoms with Crippen LogP contribution < -0.4 is 5.32 Å². The van der Waals surface area contributed by atoms with E-state index in [1.165, 1.54) is 22.5 Å². The third-order valence-electron chi connectivity index (χ3n) is 4.42. The Kier molecular flexibility index (Phi) is 5.86. The highest BCUT2D eigenvalue weighted by atomic mass is 32.2. The number of carbonyl (C=O) groups excluding carboxylic acids is 1. The molecule has 128 valence electrons. The van der Waals surface area contributed by atoms with Crippen molar-refractivity contribution in [3.63, 3.8) is 0 Å². The van der Waals surface area contributed by atoms with Gasteiger partial charge in [0.2, 0.25) is 11.0 Å². The van der Waals surface area contributed by atoms with Gasteiger partial charge in [-0.15, -0.1) is 10.2 Å². The first-order valence-electron chi connectivity index (χ1n) is 8.11. The molecule has 5 nitrogen and oxygen atoms in total. The zero-order valence-electron chi connectivity index (χ0n) is 14.0. The predicted octanol–water partition coefficient (Wildman–Crippen LogP) is 3.42. The number of nitrogens with one attached hydrogen (secondary N) is 1. The van der Waals surface area contributed by atoms with Crippen LogP contribution in [0.4, 0.5) is 5.13 Å². The third-order valence-corrected chi connectivity index (χ3v) is 6.24. The molecule has 0 unspecified atom stereocenters. The van der Waals surface area contributed by atoms with Crippen molar-refractivity contribution in [3.05, 3.63) is 35.4 Å². The predicted molar refractivity (Wildman–Crippen MR) is 99.5 cm³/mol. The maximum atomic E-state index is 12.4. The Morgan fingerprint density at radius 1 is 1.33 bits per heavy atom. The number of aryl methyl sites for hydroxylation is 1. The van der Waals surface area contributed by atoms with Crippen molar-refractivity contribution >= 4 is 34.1 Å². The smallest absolute Gasteiger partial charge is 0.229 e. The van der Waals surface area contributed by atoms with Gasteiger partial charge in [0.15, 0.2) is 4.34 Å². The van der Waals surface area contributed by atoms with Gasteiger partial charge in [0, 0.05) is 12.5 Å². The average Bonchev–Trinajstić information content (AvgIpc) is 3.05. The van der Waals surface area contributed by atoms with Gasteiger partial charge in [-0.3, -0.25) is 9.69 Å². The van der Waals surface area contributed by atoms with Gasteiger partial charge in [0.25, 0.3) is 0 Å². The van der Waals surface area contributed by atoms with Gasteiger partial charge in [0.05, 0.1) is 0 Å². The fraction of sp³-hybridized carbons (Fsp3) is 0.471. The molecule has 3 rings (SSSR count). The van der Waals surface area contributed by atoms with E-state index < -0.39 is 0 Å². The molecule has 0 spiro atoms. The molecule has 1 fully saturated rings. The minimum atomic E-state index is 0.0692. The van der Waals surface area contributed by atoms with E-state index in [-0.39, 0.29) is 11.8 Å². The van der Waals surface area contributed by atoms with Crippen LogP contribution in [0.15, 0.2) is 28.6 Å². The highest BCUT2D eigenvalue weighted by molar-refractivity contribution is 8.00. The summed E-state index contributed by atoms with van der Waals surface area (Å²) >= 11 is 2.97. The molecule has 1 aromatic carbocycles. The van der Waals surface area contributed by atoms with E-state index in [2.05, 4.69) is 51.6 Å². The summed E-state index contributed by atoms with van der Waals surface area (Å²) in [5, 5.41) is 11.5. The van der Waals surface area contributed by atoms with Gasteiger partial charge in [-0.25, -0.2) is 0 Å². The van der Waals surface area contributed by atoms with Crippen LogP contribution in [0.2, 0.25) is 0 Å². The molecule has 0 saturated carbocycles. The normalized spacial score (nSPS) is 16.2. The summed E-state index contributed by atoms with van der Waals surface area (Å²) in [6.07, 6.45) is 3.74. The van der Waals surface area contributed by atoms with Crippen LogP contribution in [0.3, 0.4) is 0 Å². The van der Waals surface area contributed by atoms with Crippen LogP contribution in [0.25, 0.3) is 0 Å². The van der Waals surface area contributed by atoms with Crippen LogP contribution in [0.1, 0.15) is 24.0 Å². The summed E-state index contributed by atoms with van der Waals surface area (Å²) in [5.41, 5.74) is 2.71. The first kappa shape index (κ1) is 17.4. The van der Waals surface area contributed by atoms with Crippen molar-refractivity contribution in [2.24, 2.45) is 5.92 Å². The minimum Gasteiger partial charge on any atom is -0.300 e. The number of benzene rings is 1. The summed E-state index contributed by atoms with van der Waals surface area (Å²) in [5.74, 6) is 0.147. The third kappa shape index (κ3) is 4.34. The zero-order chi connectivity index (χ0) is 16.9. The van der Waals surface area contributed by atoms with Gasteiger partial charge >= 0.3 is 0 Å². The molecule has 0 atom stereocenters. The van der Waals surface area contributed by atoms with Crippen LogP contribution >= 0.6 is 23.1 Å². The van der Waals surface area contributed by atoms with Crippen molar-refractivity contribution in [3.8, 4) is 0 Å². The van der Waals surface area contributed by atoms with E-state index in [0.717, 1.165) is 36.8 Å². The molecule has 2 aromatic rings. The molecule has 1 aliphatic rings. The fourth-order valence-corrected chi connectivity index (χ4v) is 4.10. The maximum Gasteiger partial charge on any atom is 0.229 e. The molecular formula is C17H22N4OS2. The fourth-order valence-electron chi connectivity index (χ4n) is 2.93. The monoisotopic (exact) mass is 362 g/mol. The number of hydrogen-bond donors (Lipinski definition) is 1. The number of carbonyl (C=O) groups is 1. The number of thioether (sulfide) groups is 1. The summed E-state index contributed by atoms with van der Waals surface area (Å²) in [6, 6.07) is 8.51. The molecule has 0 aliphatic carbocycles. The number of nitrogens with zero attached hydrogens (tertiary/aromatic N) is 3. The zero-order valence-corrected chi connectivity index (χ0v) is 15.6. The molecule has 1 saturated heterocycles. The van der Waals surface area contributed by atoms with Crippen LogP contribution in [0, 0.1) is 12.8 Å². The maximum absolute atomic E-state index is 12.4. The van der Waals surface area contributed by atoms with E-state index >= 15 is 0 Å². The molecule has 1 amide bonds. The summed E-state index contributed by atoms with van der Waals surface area (Å²) in [7, 11) is 0. The summed E-state index contributed by atoms with van der Waals surface area (Å²) in [6.45, 7) is 5.03. The molecule has 0 radical (unpaired) electrons. The first-order chi connectivity index (χ1) is 11.7. The molecule has 1 N–H and O–H groups in total. The van der Waals surface area contributed by atoms with E-state index in [1.54, 1.807) is 11.8 Å². The van der Waals surface area contributed by atoms with Gasteiger partial charge in [-0.2, -0.15) is 0 Å². The van der Waals surface area contributed by atoms with Crippen LogP contribution in [-0.2, 0) is 11.3 Å². The summed E-state index contributed by atoms with van der Waals surface area (Å²) < 4.78 is 0.873. The van der Waals surface area contributed by atoms with Crippen molar-refractivity contribution in [2.45, 2.75) is 30.6 Å². The van der Waals surface area contributed by atoms with E-state index in [9.17, 15) is 4.79 Å². The lowest BCUT2D eigenvalue weighted by atomic mass is 9.95. The SMILES string of the molecule is CSc1nnc(NC(=O)C2CCN(Cc3ccccc3C)CC2)s1. The molecule has 1 aliphatic heterocycles. The first-order valence-corrected chi connectivity index (χ1v) is 10.1. The summed E-state index contributed by atoms with van der Waals surface area (Å²) in [4.78, 5) is 14.8. The van der Waals surface area contributed by atoms with Crippen LogP contribution in [0.5, 0.6) is 0 Å². The number of amides is 1. The molecule has 24 heavy (non-hydrogen) atoms. The number of aromatic nitrogens is 2. The van der Waals surface area contributed by atoms with Crippen molar-refractivity contribution in [1.29, 1.82) is 0 Å². The second kappa shape index (κ2) is 8.09. The Bertz CT molecular complexity index is 695. The Morgan fingerprint density at radius 2 is 2.08 bits per heavy atom. The highest BCUT2D eigenvalue weighted by Crippen LogP contribution is 2.25. The Hall–Kier alpha value is -1.44. The van der Waals surface area contributed by atoms with Crippen molar-refractivity contribution in [1.82, 2.24) is 15.1 Å². The lowest BCUT2D eigenvalue weighted by molar-refractivity contribution is -0.121. The number of likely N-dealkylation sites (tertiary alicyclic amines) is 1. The van der Waals surface area contributed by atoms with E-state index in [1.807, 2.05) is 6.26 Å². The Morgan fingerprint density at radius 3 is 2.75 bits per heavy atom. The topological polar surface area (TPSA) is 58.1 Å². The minimum absolute atomic E-state index is 0.0692. The molecule has 2 heterocycles. The quantitative estimate of drug-likeness (QED) is 0.652. The molecule has 7 heteroatoms. The standard InChI is InChI=1S/C17H22N4OS2/c1-12-5-3-4-6-14(12)11-21-9-7-13(8-10-21)15(22)18-16-19-20-17(23-2)24-16/h3-6,13H,7-11H2,1-2H3,(H,18,19,22). The Balaban J connectivity index is 1.49. The van der Waals surface area contributed by atoms with Gasteiger partial charge in [0.1, 0.15) is 0 Å². The second-order valence-corrected chi connectivity index (χ2v) is 8.07. The van der Waals surface area contributed by atoms with E-state index in [0.29, 0.717) is 5.13 Å². The number of piperidine rings is 1. The van der Waals surface area contributed by atoms with Gasteiger partial charge in [-0.1, -0.05) is 47.4 Å². The Labute approximate surface area is 150 Å². The highest BCUT2D eigenvalue weighted by Gasteiger charge is 2.25.